The molecule has 3 rings (SSSR count). The lowest BCUT2D eigenvalue weighted by molar-refractivity contribution is 0.0762. The second-order valence-electron chi connectivity index (χ2n) is 5.31. The third-order valence-electron chi connectivity index (χ3n) is 3.67. The van der Waals surface area contributed by atoms with Gasteiger partial charge in [0.25, 0.3) is 0 Å². The number of para-hydroxylation sites is 1. The molecule has 4 heteroatoms. The lowest BCUT2D eigenvalue weighted by Gasteiger charge is -2.22. The van der Waals surface area contributed by atoms with Crippen LogP contribution in [0, 0.1) is 5.92 Å². The van der Waals surface area contributed by atoms with Crippen molar-refractivity contribution in [1.29, 1.82) is 0 Å². The fourth-order valence-electron chi connectivity index (χ4n) is 2.56. The Hall–Kier alpha value is -1.65. The first kappa shape index (κ1) is 13.3. The number of ether oxygens (including phenoxy) is 1. The molecule has 0 saturated carbocycles. The molecule has 1 N–H and O–H groups in total. The lowest BCUT2D eigenvalue weighted by Crippen LogP contribution is -2.32. The van der Waals surface area contributed by atoms with Gasteiger partial charge in [0.2, 0.25) is 0 Å². The monoisotopic (exact) mass is 271 g/mol. The molecule has 1 aliphatic rings. The largest absolute Gasteiger partial charge is 0.375 e. The molecule has 1 atom stereocenters. The van der Waals surface area contributed by atoms with Gasteiger partial charge < -0.3 is 10.1 Å². The molecule has 1 aromatic heterocycles. The predicted molar refractivity (Wildman–Crippen MR) is 78.8 cm³/mol. The highest BCUT2D eigenvalue weighted by Gasteiger charge is 2.13. The normalized spacial score (nSPS) is 19.1. The van der Waals surface area contributed by atoms with E-state index in [1.165, 1.54) is 12.8 Å². The van der Waals surface area contributed by atoms with E-state index in [9.17, 15) is 0 Å². The van der Waals surface area contributed by atoms with Crippen LogP contribution < -0.4 is 5.32 Å². The van der Waals surface area contributed by atoms with Gasteiger partial charge in [-0.25, -0.2) is 4.68 Å². The molecule has 20 heavy (non-hydrogen) atoms. The molecule has 4 nitrogen and oxygen atoms in total. The van der Waals surface area contributed by atoms with Crippen molar-refractivity contribution in [2.75, 3.05) is 19.7 Å². The van der Waals surface area contributed by atoms with Crippen molar-refractivity contribution >= 4 is 0 Å². The molecule has 106 valence electrons. The third kappa shape index (κ3) is 3.46. The van der Waals surface area contributed by atoms with Gasteiger partial charge in [-0.1, -0.05) is 18.2 Å². The number of hydrogen-bond donors (Lipinski definition) is 1. The number of rotatable bonds is 5. The first-order valence-corrected chi connectivity index (χ1v) is 7.30. The zero-order valence-corrected chi connectivity index (χ0v) is 11.7. The summed E-state index contributed by atoms with van der Waals surface area (Å²) in [4.78, 5) is 0. The van der Waals surface area contributed by atoms with Crippen LogP contribution in [0.15, 0.2) is 42.6 Å². The summed E-state index contributed by atoms with van der Waals surface area (Å²) in [6.45, 7) is 3.65. The molecule has 0 amide bonds. The van der Waals surface area contributed by atoms with Crippen molar-refractivity contribution in [3.05, 3.63) is 48.3 Å². The van der Waals surface area contributed by atoms with Crippen LogP contribution in [-0.2, 0) is 11.3 Å². The number of nitrogens with zero attached hydrogens (tertiary/aromatic N) is 2. The van der Waals surface area contributed by atoms with Crippen LogP contribution in [0.4, 0.5) is 0 Å². The Morgan fingerprint density at radius 2 is 2.15 bits per heavy atom. The van der Waals surface area contributed by atoms with Crippen molar-refractivity contribution in [2.24, 2.45) is 5.92 Å². The van der Waals surface area contributed by atoms with E-state index in [-0.39, 0.29) is 0 Å². The molecule has 0 bridgehead atoms. The summed E-state index contributed by atoms with van der Waals surface area (Å²) in [5.41, 5.74) is 2.06. The van der Waals surface area contributed by atoms with Crippen molar-refractivity contribution in [1.82, 2.24) is 15.1 Å². The average Bonchev–Trinajstić information content (AvgIpc) is 2.98. The summed E-state index contributed by atoms with van der Waals surface area (Å²) < 4.78 is 7.68. The summed E-state index contributed by atoms with van der Waals surface area (Å²) >= 11 is 0. The molecule has 2 aromatic rings. The fraction of sp³-hybridized carbons (Fsp3) is 0.438. The van der Waals surface area contributed by atoms with Crippen molar-refractivity contribution in [3.63, 3.8) is 0 Å². The SMILES string of the molecule is c1ccc(-n2ccc(COCC3CCCNC3)n2)cc1. The lowest BCUT2D eigenvalue weighted by atomic mass is 10.0. The highest BCUT2D eigenvalue weighted by Crippen LogP contribution is 2.12. The van der Waals surface area contributed by atoms with E-state index in [0.717, 1.165) is 31.1 Å². The first-order chi connectivity index (χ1) is 9.92. The maximum absolute atomic E-state index is 5.79. The van der Waals surface area contributed by atoms with Gasteiger partial charge in [-0.3, -0.25) is 0 Å². The average molecular weight is 271 g/mol. The minimum absolute atomic E-state index is 0.594. The summed E-state index contributed by atoms with van der Waals surface area (Å²) in [6.07, 6.45) is 4.51. The number of hydrogen-bond acceptors (Lipinski definition) is 3. The van der Waals surface area contributed by atoms with Crippen molar-refractivity contribution in [3.8, 4) is 5.69 Å². The van der Waals surface area contributed by atoms with E-state index < -0.39 is 0 Å². The molecular weight excluding hydrogens is 250 g/mol. The molecule has 0 aliphatic carbocycles. The minimum atomic E-state index is 0.594. The van der Waals surface area contributed by atoms with E-state index in [1.807, 2.05) is 47.3 Å². The summed E-state index contributed by atoms with van der Waals surface area (Å²) in [5.74, 6) is 0.653. The topological polar surface area (TPSA) is 39.1 Å². The smallest absolute Gasteiger partial charge is 0.0906 e. The van der Waals surface area contributed by atoms with Crippen LogP contribution in [0.1, 0.15) is 18.5 Å². The molecule has 1 fully saturated rings. The van der Waals surface area contributed by atoms with Gasteiger partial charge in [-0.15, -0.1) is 0 Å². The van der Waals surface area contributed by atoms with Crippen LogP contribution >= 0.6 is 0 Å². The van der Waals surface area contributed by atoms with Gasteiger partial charge in [-0.05, 0) is 43.5 Å². The molecule has 0 spiro atoms. The van der Waals surface area contributed by atoms with Crippen LogP contribution in [0.3, 0.4) is 0 Å². The van der Waals surface area contributed by atoms with E-state index in [0.29, 0.717) is 12.5 Å². The van der Waals surface area contributed by atoms with Gasteiger partial charge in [0, 0.05) is 12.7 Å². The molecule has 1 saturated heterocycles. The summed E-state index contributed by atoms with van der Waals surface area (Å²) in [6, 6.07) is 12.2. The van der Waals surface area contributed by atoms with E-state index in [2.05, 4.69) is 10.4 Å². The van der Waals surface area contributed by atoms with Crippen LogP contribution in [-0.4, -0.2) is 29.5 Å². The standard InChI is InChI=1S/C16H21N3O/c1-2-6-16(7-3-1)19-10-8-15(18-19)13-20-12-14-5-4-9-17-11-14/h1-3,6-8,10,14,17H,4-5,9,11-13H2. The second kappa shape index (κ2) is 6.68. The number of benzene rings is 1. The molecule has 1 aromatic carbocycles. The van der Waals surface area contributed by atoms with E-state index in [1.54, 1.807) is 0 Å². The Labute approximate surface area is 119 Å². The Morgan fingerprint density at radius 1 is 1.25 bits per heavy atom. The third-order valence-corrected chi connectivity index (χ3v) is 3.67. The second-order valence-corrected chi connectivity index (χ2v) is 5.31. The number of aromatic nitrogens is 2. The van der Waals surface area contributed by atoms with Crippen LogP contribution in [0.25, 0.3) is 5.69 Å². The van der Waals surface area contributed by atoms with Gasteiger partial charge >= 0.3 is 0 Å². The molecular formula is C16H21N3O. The van der Waals surface area contributed by atoms with E-state index >= 15 is 0 Å². The van der Waals surface area contributed by atoms with Crippen LogP contribution in [0.2, 0.25) is 0 Å². The first-order valence-electron chi connectivity index (χ1n) is 7.30. The van der Waals surface area contributed by atoms with Crippen molar-refractivity contribution in [2.45, 2.75) is 19.4 Å². The van der Waals surface area contributed by atoms with Gasteiger partial charge in [0.1, 0.15) is 0 Å². The highest BCUT2D eigenvalue weighted by molar-refractivity contribution is 5.30. The summed E-state index contributed by atoms with van der Waals surface area (Å²) in [7, 11) is 0. The summed E-state index contributed by atoms with van der Waals surface area (Å²) in [5, 5.41) is 7.95. The van der Waals surface area contributed by atoms with Gasteiger partial charge in [0.15, 0.2) is 0 Å². The Morgan fingerprint density at radius 3 is 2.95 bits per heavy atom. The predicted octanol–water partition coefficient (Wildman–Crippen LogP) is 2.39. The molecule has 1 aliphatic heterocycles. The maximum atomic E-state index is 5.79. The van der Waals surface area contributed by atoms with Crippen molar-refractivity contribution < 1.29 is 4.74 Å². The highest BCUT2D eigenvalue weighted by atomic mass is 16.5. The molecule has 0 radical (unpaired) electrons. The Balaban J connectivity index is 1.50. The van der Waals surface area contributed by atoms with E-state index in [4.69, 9.17) is 4.74 Å². The fourth-order valence-corrected chi connectivity index (χ4v) is 2.56. The van der Waals surface area contributed by atoms with Gasteiger partial charge in [0.05, 0.1) is 24.6 Å². The minimum Gasteiger partial charge on any atom is -0.375 e. The zero-order chi connectivity index (χ0) is 13.6. The molecule has 2 heterocycles. The molecule has 1 unspecified atom stereocenters. The Bertz CT molecular complexity index is 518. The maximum Gasteiger partial charge on any atom is 0.0906 e. The quantitative estimate of drug-likeness (QED) is 0.907. The van der Waals surface area contributed by atoms with Gasteiger partial charge in [-0.2, -0.15) is 5.10 Å². The van der Waals surface area contributed by atoms with Crippen LogP contribution in [0.5, 0.6) is 0 Å². The number of nitrogens with one attached hydrogen (secondary N) is 1. The Kier molecular flexibility index (Phi) is 4.46. The number of piperidine rings is 1. The zero-order valence-electron chi connectivity index (χ0n) is 11.7.